The lowest BCUT2D eigenvalue weighted by atomic mass is 10.1. The maximum absolute atomic E-state index is 12.1. The number of rotatable bonds is 6. The van der Waals surface area contributed by atoms with E-state index in [1.807, 2.05) is 42.5 Å². The minimum absolute atomic E-state index is 0.612. The molecule has 1 N–H and O–H groups in total. The average molecular weight is 393 g/mol. The second-order valence-electron chi connectivity index (χ2n) is 6.44. The lowest BCUT2D eigenvalue weighted by Crippen LogP contribution is -2.09. The first kappa shape index (κ1) is 18.1. The Morgan fingerprint density at radius 2 is 1.96 bits per heavy atom. The summed E-state index contributed by atoms with van der Waals surface area (Å²) in [5.74, 6) is 0.709. The molecular formula is C20H19N5O2S. The van der Waals surface area contributed by atoms with E-state index >= 15 is 0 Å². The van der Waals surface area contributed by atoms with Gasteiger partial charge in [0.2, 0.25) is 10.0 Å². The monoisotopic (exact) mass is 393 g/mol. The number of pyridine rings is 1. The van der Waals surface area contributed by atoms with Crippen LogP contribution >= 0.6 is 0 Å². The van der Waals surface area contributed by atoms with Crippen LogP contribution in [0.3, 0.4) is 0 Å². The van der Waals surface area contributed by atoms with Crippen LogP contribution in [-0.4, -0.2) is 40.1 Å². The Morgan fingerprint density at radius 3 is 2.75 bits per heavy atom. The third-order valence-corrected chi connectivity index (χ3v) is 5.46. The van der Waals surface area contributed by atoms with Crippen LogP contribution in [0.4, 0.5) is 5.82 Å². The van der Waals surface area contributed by atoms with E-state index in [0.717, 1.165) is 22.2 Å². The second-order valence-corrected chi connectivity index (χ2v) is 8.30. The van der Waals surface area contributed by atoms with Crippen LogP contribution in [0, 0.1) is 0 Å². The van der Waals surface area contributed by atoms with Crippen molar-refractivity contribution in [2.24, 2.45) is 0 Å². The molecule has 0 fully saturated rings. The standard InChI is InChI=1S/C20H19N5O2S/c1-28(26,27)25-13-16(17-6-2-3-7-19(17)25)8-10-22-20-11-18(23-14-24-20)15-5-4-9-21-12-15/h2-7,9,11-14H,8,10H2,1H3,(H,22,23,24). The molecular weight excluding hydrogens is 374 g/mol. The fraction of sp³-hybridized carbons (Fsp3) is 0.150. The highest BCUT2D eigenvalue weighted by atomic mass is 32.2. The first-order valence-corrected chi connectivity index (χ1v) is 10.6. The van der Waals surface area contributed by atoms with E-state index in [-0.39, 0.29) is 0 Å². The number of aromatic nitrogens is 4. The first-order valence-electron chi connectivity index (χ1n) is 8.78. The summed E-state index contributed by atoms with van der Waals surface area (Å²) in [7, 11) is -3.35. The predicted octanol–water partition coefficient (Wildman–Crippen LogP) is 2.96. The summed E-state index contributed by atoms with van der Waals surface area (Å²) in [4.78, 5) is 12.7. The number of hydrogen-bond acceptors (Lipinski definition) is 6. The van der Waals surface area contributed by atoms with Crippen molar-refractivity contribution in [1.82, 2.24) is 18.9 Å². The molecule has 0 unspecified atom stereocenters. The summed E-state index contributed by atoms with van der Waals surface area (Å²) >= 11 is 0. The Kier molecular flexibility index (Phi) is 4.79. The van der Waals surface area contributed by atoms with Gasteiger partial charge in [0.1, 0.15) is 12.1 Å². The van der Waals surface area contributed by atoms with E-state index in [0.29, 0.717) is 24.3 Å². The number of benzene rings is 1. The lowest BCUT2D eigenvalue weighted by molar-refractivity contribution is 0.595. The Bertz CT molecular complexity index is 1220. The fourth-order valence-corrected chi connectivity index (χ4v) is 3.98. The molecule has 7 nitrogen and oxygen atoms in total. The maximum Gasteiger partial charge on any atom is 0.236 e. The van der Waals surface area contributed by atoms with Gasteiger partial charge < -0.3 is 5.32 Å². The largest absolute Gasteiger partial charge is 0.370 e. The van der Waals surface area contributed by atoms with Gasteiger partial charge in [-0.25, -0.2) is 22.4 Å². The van der Waals surface area contributed by atoms with Crippen LogP contribution in [0.25, 0.3) is 22.2 Å². The van der Waals surface area contributed by atoms with Gasteiger partial charge >= 0.3 is 0 Å². The van der Waals surface area contributed by atoms with Gasteiger partial charge in [-0.05, 0) is 30.2 Å². The Morgan fingerprint density at radius 1 is 1.11 bits per heavy atom. The third-order valence-electron chi connectivity index (χ3n) is 4.44. The van der Waals surface area contributed by atoms with E-state index in [1.165, 1.54) is 16.6 Å². The Labute approximate surface area is 163 Å². The zero-order chi connectivity index (χ0) is 19.6. The van der Waals surface area contributed by atoms with Crippen molar-refractivity contribution in [3.8, 4) is 11.3 Å². The molecule has 0 aliphatic heterocycles. The summed E-state index contributed by atoms with van der Waals surface area (Å²) < 4.78 is 25.4. The van der Waals surface area contributed by atoms with Crippen molar-refractivity contribution in [2.45, 2.75) is 6.42 Å². The van der Waals surface area contributed by atoms with Gasteiger partial charge in [-0.15, -0.1) is 0 Å². The molecule has 1 aromatic carbocycles. The van der Waals surface area contributed by atoms with Gasteiger partial charge in [0, 0.05) is 42.2 Å². The zero-order valence-electron chi connectivity index (χ0n) is 15.3. The predicted molar refractivity (Wildman–Crippen MR) is 110 cm³/mol. The summed E-state index contributed by atoms with van der Waals surface area (Å²) in [6, 6.07) is 13.2. The molecule has 4 rings (SSSR count). The topological polar surface area (TPSA) is 89.8 Å². The molecule has 3 aromatic heterocycles. The van der Waals surface area contributed by atoms with Gasteiger partial charge in [-0.2, -0.15) is 0 Å². The van der Waals surface area contributed by atoms with Crippen LogP contribution in [0.15, 0.2) is 67.4 Å². The van der Waals surface area contributed by atoms with Crippen LogP contribution < -0.4 is 5.32 Å². The molecule has 28 heavy (non-hydrogen) atoms. The smallest absolute Gasteiger partial charge is 0.236 e. The summed E-state index contributed by atoms with van der Waals surface area (Å²) in [6.45, 7) is 0.612. The van der Waals surface area contributed by atoms with Crippen molar-refractivity contribution in [3.63, 3.8) is 0 Å². The minimum atomic E-state index is -3.35. The van der Waals surface area contributed by atoms with E-state index < -0.39 is 10.0 Å². The van der Waals surface area contributed by atoms with Gasteiger partial charge in [0.05, 0.1) is 17.5 Å². The molecule has 0 radical (unpaired) electrons. The summed E-state index contributed by atoms with van der Waals surface area (Å²) in [5, 5.41) is 4.22. The number of nitrogens with one attached hydrogen (secondary N) is 1. The highest BCUT2D eigenvalue weighted by Gasteiger charge is 2.14. The van der Waals surface area contributed by atoms with Crippen molar-refractivity contribution in [2.75, 3.05) is 18.1 Å². The molecule has 142 valence electrons. The third kappa shape index (κ3) is 3.72. The van der Waals surface area contributed by atoms with Crippen molar-refractivity contribution < 1.29 is 8.42 Å². The number of anilines is 1. The van der Waals surface area contributed by atoms with E-state index in [4.69, 9.17) is 0 Å². The lowest BCUT2D eigenvalue weighted by Gasteiger charge is -2.06. The second kappa shape index (κ2) is 7.40. The van der Waals surface area contributed by atoms with Gasteiger partial charge in [0.25, 0.3) is 0 Å². The SMILES string of the molecule is CS(=O)(=O)n1cc(CCNc2cc(-c3cccnc3)ncn2)c2ccccc21. The average Bonchev–Trinajstić information content (AvgIpc) is 3.08. The normalized spacial score (nSPS) is 11.6. The highest BCUT2D eigenvalue weighted by molar-refractivity contribution is 7.89. The number of para-hydroxylation sites is 1. The molecule has 0 atom stereocenters. The van der Waals surface area contributed by atoms with E-state index in [2.05, 4.69) is 20.3 Å². The molecule has 0 saturated carbocycles. The maximum atomic E-state index is 12.1. The number of hydrogen-bond donors (Lipinski definition) is 1. The molecule has 0 saturated heterocycles. The van der Waals surface area contributed by atoms with Crippen LogP contribution in [0.2, 0.25) is 0 Å². The van der Waals surface area contributed by atoms with Crippen LogP contribution in [0.1, 0.15) is 5.56 Å². The van der Waals surface area contributed by atoms with Crippen LogP contribution in [0.5, 0.6) is 0 Å². The van der Waals surface area contributed by atoms with E-state index in [1.54, 1.807) is 18.6 Å². The summed E-state index contributed by atoms with van der Waals surface area (Å²) in [6.07, 6.45) is 8.56. The van der Waals surface area contributed by atoms with Crippen molar-refractivity contribution >= 4 is 26.7 Å². The number of nitrogens with zero attached hydrogens (tertiary/aromatic N) is 4. The molecule has 0 bridgehead atoms. The quantitative estimate of drug-likeness (QED) is 0.542. The van der Waals surface area contributed by atoms with Gasteiger partial charge in [-0.3, -0.25) is 4.98 Å². The molecule has 0 aliphatic carbocycles. The van der Waals surface area contributed by atoms with Gasteiger partial charge in [0.15, 0.2) is 0 Å². The molecule has 0 amide bonds. The van der Waals surface area contributed by atoms with Gasteiger partial charge in [-0.1, -0.05) is 18.2 Å². The van der Waals surface area contributed by atoms with Crippen LogP contribution in [-0.2, 0) is 16.4 Å². The molecule has 3 heterocycles. The Balaban J connectivity index is 1.52. The first-order chi connectivity index (χ1) is 13.5. The van der Waals surface area contributed by atoms with Crippen molar-refractivity contribution in [1.29, 1.82) is 0 Å². The summed E-state index contributed by atoms with van der Waals surface area (Å²) in [5.41, 5.74) is 3.37. The van der Waals surface area contributed by atoms with E-state index in [9.17, 15) is 8.42 Å². The highest BCUT2D eigenvalue weighted by Crippen LogP contribution is 2.23. The fourth-order valence-electron chi connectivity index (χ4n) is 3.14. The Hall–Kier alpha value is -3.26. The molecule has 0 spiro atoms. The molecule has 8 heteroatoms. The molecule has 0 aliphatic rings. The van der Waals surface area contributed by atoms with Crippen molar-refractivity contribution in [3.05, 3.63) is 72.9 Å². The molecule has 4 aromatic rings. The minimum Gasteiger partial charge on any atom is -0.370 e. The number of fused-ring (bicyclic) bond motifs is 1. The zero-order valence-corrected chi connectivity index (χ0v) is 16.1.